The highest BCUT2D eigenvalue weighted by Crippen LogP contribution is 2.18. The summed E-state index contributed by atoms with van der Waals surface area (Å²) >= 11 is 0. The Bertz CT molecular complexity index is 1150. The second kappa shape index (κ2) is 60.6. The average molecular weight is 999 g/mol. The molecular formula is C65H123NO5. The first-order valence-corrected chi connectivity index (χ1v) is 31.7. The van der Waals surface area contributed by atoms with Crippen molar-refractivity contribution in [3.63, 3.8) is 0 Å². The molecule has 0 aliphatic heterocycles. The summed E-state index contributed by atoms with van der Waals surface area (Å²) in [4.78, 5) is 24.5. The van der Waals surface area contributed by atoms with E-state index in [1.807, 2.05) is 0 Å². The molecule has 0 bridgehead atoms. The molecule has 0 fully saturated rings. The van der Waals surface area contributed by atoms with Gasteiger partial charge in [0.05, 0.1) is 25.4 Å². The largest absolute Gasteiger partial charge is 0.465 e. The van der Waals surface area contributed by atoms with Crippen LogP contribution < -0.4 is 5.32 Å². The van der Waals surface area contributed by atoms with E-state index in [9.17, 15) is 19.8 Å². The third kappa shape index (κ3) is 57.2. The van der Waals surface area contributed by atoms with Gasteiger partial charge in [-0.3, -0.25) is 9.59 Å². The van der Waals surface area contributed by atoms with Crippen LogP contribution in [0.15, 0.2) is 36.5 Å². The lowest BCUT2D eigenvalue weighted by molar-refractivity contribution is -0.143. The van der Waals surface area contributed by atoms with Gasteiger partial charge >= 0.3 is 5.97 Å². The SMILES string of the molecule is CCCC/C=C\CCCCCCCC(=O)OCC/C=C\C/C=C\CCCCCCCCCCCCCCCCC(=O)NC(CO)C(O)CCCCCCCCCCCCCCCCCCCCCCCC. The van der Waals surface area contributed by atoms with Crippen molar-refractivity contribution in [3.8, 4) is 0 Å². The molecule has 0 heterocycles. The molecule has 0 radical (unpaired) electrons. The van der Waals surface area contributed by atoms with Crippen molar-refractivity contribution in [2.75, 3.05) is 13.2 Å². The Kier molecular flexibility index (Phi) is 59.0. The van der Waals surface area contributed by atoms with Gasteiger partial charge < -0.3 is 20.3 Å². The summed E-state index contributed by atoms with van der Waals surface area (Å²) in [5.41, 5.74) is 0. The van der Waals surface area contributed by atoms with Crippen LogP contribution in [0, 0.1) is 0 Å². The van der Waals surface area contributed by atoms with Crippen molar-refractivity contribution in [1.29, 1.82) is 0 Å². The van der Waals surface area contributed by atoms with Gasteiger partial charge in [0.2, 0.25) is 5.91 Å². The van der Waals surface area contributed by atoms with Crippen LogP contribution in [0.25, 0.3) is 0 Å². The third-order valence-corrected chi connectivity index (χ3v) is 14.7. The number of aliphatic hydroxyl groups excluding tert-OH is 2. The van der Waals surface area contributed by atoms with E-state index >= 15 is 0 Å². The molecule has 0 aromatic rings. The number of rotatable bonds is 59. The van der Waals surface area contributed by atoms with Crippen LogP contribution in [0.3, 0.4) is 0 Å². The zero-order valence-electron chi connectivity index (χ0n) is 47.7. The molecule has 418 valence electrons. The second-order valence-corrected chi connectivity index (χ2v) is 21.7. The fourth-order valence-corrected chi connectivity index (χ4v) is 9.81. The fraction of sp³-hybridized carbons (Fsp3) is 0.877. The normalized spacial score (nSPS) is 12.8. The maximum Gasteiger partial charge on any atom is 0.305 e. The van der Waals surface area contributed by atoms with Crippen LogP contribution in [-0.2, 0) is 14.3 Å². The van der Waals surface area contributed by atoms with Crippen LogP contribution in [-0.4, -0.2) is 47.4 Å². The van der Waals surface area contributed by atoms with E-state index in [-0.39, 0.29) is 18.5 Å². The van der Waals surface area contributed by atoms with Crippen LogP contribution in [0.4, 0.5) is 0 Å². The standard InChI is InChI=1S/C65H123NO5/c1-3-5-7-9-11-13-15-16-17-18-19-20-22-25-28-31-34-38-41-45-49-53-57-63(68)62(61-67)66-64(69)58-54-50-46-42-39-35-32-29-26-23-21-24-27-30-33-36-40-44-48-52-56-60-71-65(70)59-55-51-47-43-37-14-12-10-8-6-4-2/h10,12,36,40,48,52,62-63,67-68H,3-9,11,13-35,37-39,41-47,49-51,53-61H2,1-2H3,(H,66,69)/b12-10-,40-36-,52-48-. The molecule has 71 heavy (non-hydrogen) atoms. The predicted molar refractivity (Wildman–Crippen MR) is 310 cm³/mol. The summed E-state index contributed by atoms with van der Waals surface area (Å²) in [5, 5.41) is 23.4. The highest BCUT2D eigenvalue weighted by Gasteiger charge is 2.20. The molecule has 0 aromatic carbocycles. The van der Waals surface area contributed by atoms with Crippen LogP contribution in [0.1, 0.15) is 341 Å². The van der Waals surface area contributed by atoms with Gasteiger partial charge in [-0.15, -0.1) is 0 Å². The van der Waals surface area contributed by atoms with Gasteiger partial charge in [-0.25, -0.2) is 0 Å². The van der Waals surface area contributed by atoms with Crippen molar-refractivity contribution in [3.05, 3.63) is 36.5 Å². The summed E-state index contributed by atoms with van der Waals surface area (Å²) in [5.74, 6) is -0.0828. The smallest absolute Gasteiger partial charge is 0.305 e. The zero-order valence-corrected chi connectivity index (χ0v) is 47.7. The van der Waals surface area contributed by atoms with Crippen LogP contribution in [0.2, 0.25) is 0 Å². The first-order valence-electron chi connectivity index (χ1n) is 31.7. The Labute approximate surface area is 443 Å². The molecule has 0 saturated carbocycles. The molecule has 1 amide bonds. The molecule has 6 heteroatoms. The molecule has 0 saturated heterocycles. The number of carbonyl (C=O) groups is 2. The van der Waals surface area contributed by atoms with E-state index in [2.05, 4.69) is 55.6 Å². The zero-order chi connectivity index (χ0) is 51.4. The van der Waals surface area contributed by atoms with Crippen LogP contribution in [0.5, 0.6) is 0 Å². The Balaban J connectivity index is 3.46. The lowest BCUT2D eigenvalue weighted by atomic mass is 10.0. The maximum absolute atomic E-state index is 12.5. The molecule has 3 N–H and O–H groups in total. The Morgan fingerprint density at radius 1 is 0.394 bits per heavy atom. The summed E-state index contributed by atoms with van der Waals surface area (Å²) in [6.07, 6.45) is 76.0. The molecule has 0 aliphatic rings. The topological polar surface area (TPSA) is 95.9 Å². The van der Waals surface area contributed by atoms with Gasteiger partial charge in [-0.2, -0.15) is 0 Å². The number of carbonyl (C=O) groups excluding carboxylic acids is 2. The molecule has 0 rings (SSSR count). The number of esters is 1. The minimum absolute atomic E-state index is 0.0367. The quantitative estimate of drug-likeness (QED) is 0.0321. The number of aliphatic hydroxyl groups is 2. The molecule has 2 unspecified atom stereocenters. The lowest BCUT2D eigenvalue weighted by Gasteiger charge is -2.22. The van der Waals surface area contributed by atoms with Gasteiger partial charge in [-0.1, -0.05) is 301 Å². The van der Waals surface area contributed by atoms with E-state index in [0.29, 0.717) is 25.9 Å². The van der Waals surface area contributed by atoms with E-state index in [0.717, 1.165) is 51.4 Å². The van der Waals surface area contributed by atoms with Crippen molar-refractivity contribution >= 4 is 11.9 Å². The van der Waals surface area contributed by atoms with E-state index < -0.39 is 12.1 Å². The summed E-state index contributed by atoms with van der Waals surface area (Å²) in [6, 6.07) is -0.547. The first kappa shape index (κ1) is 69.1. The summed E-state index contributed by atoms with van der Waals surface area (Å²) in [6.45, 7) is 4.82. The van der Waals surface area contributed by atoms with Gasteiger partial charge in [0, 0.05) is 12.8 Å². The average Bonchev–Trinajstić information content (AvgIpc) is 3.37. The molecule has 6 nitrogen and oxygen atoms in total. The number of ether oxygens (including phenoxy) is 1. The van der Waals surface area contributed by atoms with E-state index in [4.69, 9.17) is 4.74 Å². The van der Waals surface area contributed by atoms with Gasteiger partial charge in [0.1, 0.15) is 0 Å². The minimum Gasteiger partial charge on any atom is -0.465 e. The van der Waals surface area contributed by atoms with Crippen molar-refractivity contribution in [2.45, 2.75) is 353 Å². The minimum atomic E-state index is -0.669. The van der Waals surface area contributed by atoms with Gasteiger partial charge in [-0.05, 0) is 64.2 Å². The lowest BCUT2D eigenvalue weighted by Crippen LogP contribution is -2.45. The number of allylic oxidation sites excluding steroid dienone is 5. The third-order valence-electron chi connectivity index (χ3n) is 14.7. The second-order valence-electron chi connectivity index (χ2n) is 21.7. The number of nitrogens with one attached hydrogen (secondary N) is 1. The summed E-state index contributed by atoms with van der Waals surface area (Å²) in [7, 11) is 0. The van der Waals surface area contributed by atoms with E-state index in [1.54, 1.807) is 0 Å². The van der Waals surface area contributed by atoms with Crippen molar-refractivity contribution in [2.24, 2.45) is 0 Å². The monoisotopic (exact) mass is 998 g/mol. The number of unbranched alkanes of at least 4 members (excludes halogenated alkanes) is 42. The van der Waals surface area contributed by atoms with E-state index in [1.165, 1.54) is 257 Å². The maximum atomic E-state index is 12.5. The van der Waals surface area contributed by atoms with Crippen molar-refractivity contribution < 1.29 is 24.5 Å². The Morgan fingerprint density at radius 2 is 0.718 bits per heavy atom. The number of hydrogen-bond donors (Lipinski definition) is 3. The highest BCUT2D eigenvalue weighted by molar-refractivity contribution is 5.76. The molecular weight excluding hydrogens is 875 g/mol. The predicted octanol–water partition coefficient (Wildman–Crippen LogP) is 20.0. The Morgan fingerprint density at radius 3 is 1.13 bits per heavy atom. The fourth-order valence-electron chi connectivity index (χ4n) is 9.81. The number of hydrogen-bond acceptors (Lipinski definition) is 5. The molecule has 0 aromatic heterocycles. The summed E-state index contributed by atoms with van der Waals surface area (Å²) < 4.78 is 5.39. The van der Waals surface area contributed by atoms with Gasteiger partial charge in [0.15, 0.2) is 0 Å². The first-order chi connectivity index (χ1) is 35.0. The highest BCUT2D eigenvalue weighted by atomic mass is 16.5. The number of amides is 1. The molecule has 2 atom stereocenters. The van der Waals surface area contributed by atoms with Crippen molar-refractivity contribution in [1.82, 2.24) is 5.32 Å². The van der Waals surface area contributed by atoms with Gasteiger partial charge in [0.25, 0.3) is 0 Å². The molecule has 0 spiro atoms. The molecule has 0 aliphatic carbocycles. The van der Waals surface area contributed by atoms with Crippen LogP contribution >= 0.6 is 0 Å². The Hall–Kier alpha value is -1.92.